The minimum absolute atomic E-state index is 0.620. The van der Waals surface area contributed by atoms with Gasteiger partial charge in [-0.3, -0.25) is 0 Å². The lowest BCUT2D eigenvalue weighted by Crippen LogP contribution is -2.40. The van der Waals surface area contributed by atoms with Gasteiger partial charge in [-0.15, -0.1) is 11.3 Å². The number of thioether (sulfide) groups is 1. The number of aromatic nitrogens is 1. The van der Waals surface area contributed by atoms with Crippen LogP contribution in [0.1, 0.15) is 31.3 Å². The average Bonchev–Trinajstić information content (AvgIpc) is 2.70. The molecule has 2 heterocycles. The van der Waals surface area contributed by atoms with Crippen LogP contribution in [0.25, 0.3) is 0 Å². The minimum atomic E-state index is 0.620. The van der Waals surface area contributed by atoms with Gasteiger partial charge < -0.3 is 10.6 Å². The van der Waals surface area contributed by atoms with E-state index in [-0.39, 0.29) is 0 Å². The smallest absolute Gasteiger partial charge is 0.185 e. The van der Waals surface area contributed by atoms with Crippen LogP contribution in [-0.2, 0) is 13.0 Å². The molecule has 0 spiro atoms. The molecular weight excluding hydrogens is 250 g/mol. The van der Waals surface area contributed by atoms with Gasteiger partial charge in [-0.1, -0.05) is 20.8 Å². The zero-order chi connectivity index (χ0) is 12.4. The summed E-state index contributed by atoms with van der Waals surface area (Å²) in [6.45, 7) is 9.58. The number of thiazole rings is 1. The zero-order valence-corrected chi connectivity index (χ0v) is 12.4. The molecule has 2 atom stereocenters. The molecule has 96 valence electrons. The van der Waals surface area contributed by atoms with Crippen LogP contribution < -0.4 is 10.6 Å². The third-order valence-electron chi connectivity index (χ3n) is 2.98. The predicted molar refractivity (Wildman–Crippen MR) is 78.1 cm³/mol. The maximum absolute atomic E-state index is 5.77. The molecule has 3 nitrogen and oxygen atoms in total. The van der Waals surface area contributed by atoms with Gasteiger partial charge in [-0.2, -0.15) is 11.8 Å². The molecule has 0 amide bonds. The third-order valence-corrected chi connectivity index (χ3v) is 5.39. The van der Waals surface area contributed by atoms with E-state index < -0.39 is 0 Å². The number of hydrogen-bond donors (Lipinski definition) is 1. The van der Waals surface area contributed by atoms with Gasteiger partial charge in [0.1, 0.15) is 0 Å². The molecule has 0 aromatic carbocycles. The van der Waals surface area contributed by atoms with Crippen molar-refractivity contribution in [3.8, 4) is 0 Å². The summed E-state index contributed by atoms with van der Waals surface area (Å²) in [6, 6.07) is 0. The summed E-state index contributed by atoms with van der Waals surface area (Å²) in [4.78, 5) is 8.42. The van der Waals surface area contributed by atoms with E-state index in [1.807, 2.05) is 0 Å². The second-order valence-corrected chi connectivity index (χ2v) is 7.53. The van der Waals surface area contributed by atoms with Crippen molar-refractivity contribution >= 4 is 28.2 Å². The second-order valence-electron chi connectivity index (χ2n) is 4.59. The zero-order valence-electron chi connectivity index (χ0n) is 10.8. The number of hydrogen-bond acceptors (Lipinski definition) is 5. The summed E-state index contributed by atoms with van der Waals surface area (Å²) in [5, 5.41) is 2.55. The van der Waals surface area contributed by atoms with Crippen LogP contribution in [0.5, 0.6) is 0 Å². The minimum Gasteiger partial charge on any atom is -0.346 e. The van der Waals surface area contributed by atoms with Crippen molar-refractivity contribution in [3.63, 3.8) is 0 Å². The molecule has 2 unspecified atom stereocenters. The fourth-order valence-electron chi connectivity index (χ4n) is 2.27. The first kappa shape index (κ1) is 13.2. The summed E-state index contributed by atoms with van der Waals surface area (Å²) in [5.74, 6) is 0. The van der Waals surface area contributed by atoms with E-state index >= 15 is 0 Å². The number of anilines is 1. The van der Waals surface area contributed by atoms with Gasteiger partial charge in [0.15, 0.2) is 5.13 Å². The molecule has 0 aliphatic carbocycles. The van der Waals surface area contributed by atoms with Crippen molar-refractivity contribution in [1.82, 2.24) is 4.98 Å². The van der Waals surface area contributed by atoms with Crippen molar-refractivity contribution in [2.45, 2.75) is 44.2 Å². The maximum atomic E-state index is 5.77. The molecule has 1 fully saturated rings. The van der Waals surface area contributed by atoms with Crippen molar-refractivity contribution in [2.24, 2.45) is 5.73 Å². The first-order valence-electron chi connectivity index (χ1n) is 6.23. The van der Waals surface area contributed by atoms with Crippen molar-refractivity contribution in [3.05, 3.63) is 10.6 Å². The average molecular weight is 271 g/mol. The monoisotopic (exact) mass is 271 g/mol. The van der Waals surface area contributed by atoms with E-state index in [9.17, 15) is 0 Å². The molecule has 1 aromatic heterocycles. The van der Waals surface area contributed by atoms with E-state index in [2.05, 4.69) is 37.4 Å². The Balaban J connectivity index is 2.18. The highest BCUT2D eigenvalue weighted by molar-refractivity contribution is 8.00. The molecule has 2 rings (SSSR count). The number of rotatable bonds is 3. The van der Waals surface area contributed by atoms with E-state index in [0.717, 1.165) is 19.5 Å². The molecule has 1 aliphatic heterocycles. The Morgan fingerprint density at radius 1 is 1.35 bits per heavy atom. The van der Waals surface area contributed by atoms with E-state index in [1.54, 1.807) is 11.3 Å². The van der Waals surface area contributed by atoms with Gasteiger partial charge in [-0.25, -0.2) is 4.98 Å². The molecule has 0 saturated carbocycles. The summed E-state index contributed by atoms with van der Waals surface area (Å²) in [6.07, 6.45) is 0.983. The molecule has 1 aromatic rings. The van der Waals surface area contributed by atoms with Gasteiger partial charge >= 0.3 is 0 Å². The highest BCUT2D eigenvalue weighted by atomic mass is 32.2. The van der Waals surface area contributed by atoms with Crippen LogP contribution in [0.4, 0.5) is 5.13 Å². The lowest BCUT2D eigenvalue weighted by Gasteiger charge is -2.34. The van der Waals surface area contributed by atoms with Crippen molar-refractivity contribution in [2.75, 3.05) is 18.0 Å². The fourth-order valence-corrected chi connectivity index (χ4v) is 4.65. The van der Waals surface area contributed by atoms with Gasteiger partial charge in [0.25, 0.3) is 0 Å². The summed E-state index contributed by atoms with van der Waals surface area (Å²) in [7, 11) is 0. The first-order valence-corrected chi connectivity index (χ1v) is 7.99. The Bertz CT molecular complexity index is 346. The van der Waals surface area contributed by atoms with Crippen LogP contribution in [0.3, 0.4) is 0 Å². The lowest BCUT2D eigenvalue weighted by atomic mass is 10.3. The molecule has 1 aliphatic rings. The van der Waals surface area contributed by atoms with Crippen LogP contribution >= 0.6 is 23.1 Å². The van der Waals surface area contributed by atoms with Crippen LogP contribution in [0, 0.1) is 0 Å². The van der Waals surface area contributed by atoms with E-state index in [0.29, 0.717) is 17.0 Å². The van der Waals surface area contributed by atoms with E-state index in [4.69, 9.17) is 10.7 Å². The van der Waals surface area contributed by atoms with Crippen molar-refractivity contribution in [1.29, 1.82) is 0 Å². The molecule has 17 heavy (non-hydrogen) atoms. The van der Waals surface area contributed by atoms with E-state index in [1.165, 1.54) is 15.7 Å². The van der Waals surface area contributed by atoms with Gasteiger partial charge in [0.2, 0.25) is 0 Å². The topological polar surface area (TPSA) is 42.2 Å². The highest BCUT2D eigenvalue weighted by Gasteiger charge is 2.25. The number of aryl methyl sites for hydroxylation is 1. The Morgan fingerprint density at radius 2 is 2.00 bits per heavy atom. The first-order chi connectivity index (χ1) is 8.13. The summed E-state index contributed by atoms with van der Waals surface area (Å²) < 4.78 is 0. The second kappa shape index (κ2) is 5.59. The van der Waals surface area contributed by atoms with Gasteiger partial charge in [0.05, 0.1) is 5.69 Å². The number of nitrogens with two attached hydrogens (primary N) is 1. The molecule has 0 bridgehead atoms. The lowest BCUT2D eigenvalue weighted by molar-refractivity contribution is 0.724. The van der Waals surface area contributed by atoms with Crippen LogP contribution in [0.15, 0.2) is 0 Å². The SMILES string of the molecule is CCc1nc(N2CC(C)SC(C)C2)sc1CN. The fraction of sp³-hybridized carbons (Fsp3) is 0.750. The Hall–Kier alpha value is -0.260. The van der Waals surface area contributed by atoms with Gasteiger partial charge in [0, 0.05) is 35.0 Å². The van der Waals surface area contributed by atoms with Gasteiger partial charge in [-0.05, 0) is 6.42 Å². The van der Waals surface area contributed by atoms with Crippen LogP contribution in [0.2, 0.25) is 0 Å². The quantitative estimate of drug-likeness (QED) is 0.917. The normalized spacial score (nSPS) is 25.3. The van der Waals surface area contributed by atoms with Crippen LogP contribution in [-0.4, -0.2) is 28.6 Å². The molecule has 1 saturated heterocycles. The Kier molecular flexibility index (Phi) is 4.33. The number of nitrogens with zero attached hydrogens (tertiary/aromatic N) is 2. The maximum Gasteiger partial charge on any atom is 0.185 e. The largest absolute Gasteiger partial charge is 0.346 e. The predicted octanol–water partition coefficient (Wildman–Crippen LogP) is 2.49. The summed E-state index contributed by atoms with van der Waals surface area (Å²) >= 11 is 3.85. The van der Waals surface area contributed by atoms with Crippen molar-refractivity contribution < 1.29 is 0 Å². The highest BCUT2D eigenvalue weighted by Crippen LogP contribution is 2.32. The molecular formula is C12H21N3S2. The summed E-state index contributed by atoms with van der Waals surface area (Å²) in [5.41, 5.74) is 6.96. The molecule has 5 heteroatoms. The molecule has 2 N–H and O–H groups in total. The molecule has 0 radical (unpaired) electrons. The Morgan fingerprint density at radius 3 is 2.47 bits per heavy atom. The standard InChI is InChI=1S/C12H21N3S2/c1-4-10-11(5-13)17-12(14-10)15-6-8(2)16-9(3)7-15/h8-9H,4-7,13H2,1-3H3. The third kappa shape index (κ3) is 2.95. The Labute approximate surface area is 112 Å².